The molecule has 5 amide bonds. The predicted molar refractivity (Wildman–Crippen MR) is 189 cm³/mol. The molecule has 1 aromatic carbocycles. The smallest absolute Gasteiger partial charge is 0.407 e. The molecule has 0 aliphatic heterocycles. The second-order valence-electron chi connectivity index (χ2n) is 13.1. The number of aliphatic carboxylic acids is 1. The molecule has 0 aliphatic carbocycles. The molecule has 17 heteroatoms. The van der Waals surface area contributed by atoms with E-state index >= 15 is 0 Å². The number of carbonyl (C=O) groups excluding carboxylic acids is 6. The van der Waals surface area contributed by atoms with Crippen LogP contribution < -0.4 is 38.1 Å². The minimum Gasteiger partial charge on any atom is -0.480 e. The molecule has 17 nitrogen and oxygen atoms in total. The van der Waals surface area contributed by atoms with Crippen LogP contribution in [-0.2, 0) is 39.9 Å². The van der Waals surface area contributed by atoms with E-state index in [0.29, 0.717) is 30.7 Å². The molecule has 0 heterocycles. The van der Waals surface area contributed by atoms with Crippen LogP contribution in [0, 0.1) is 0 Å². The predicted octanol–water partition coefficient (Wildman–Crippen LogP) is 0.0430. The summed E-state index contributed by atoms with van der Waals surface area (Å²) in [5.41, 5.74) is 11.5. The highest BCUT2D eigenvalue weighted by Gasteiger charge is 2.31. The van der Waals surface area contributed by atoms with Crippen molar-refractivity contribution in [2.75, 3.05) is 19.6 Å². The standard InChI is InChI=1S/C34H54N8O9/c1-21(43)18-24(36)29(46)42-27(19-23-12-7-6-8-13-23)32(49)41-26(14-9-10-16-38-33(50)51-34(3,4)5)31(48)40-25(15-11-17-37-22(2)35)30(47)39-20-28(44)45/h6-8,12-13,24-27H,9-11,14-20,36H2,1-5H3,(H2,35,37)(H,38,50)(H,39,47)(H,40,48)(H,41,49)(H,42,46)(H,44,45)/t24-,25-,26-,27+/m0/s1. The molecule has 0 spiro atoms. The third-order valence-corrected chi connectivity index (χ3v) is 7.04. The summed E-state index contributed by atoms with van der Waals surface area (Å²) in [7, 11) is 0. The molecular formula is C34H54N8O9. The van der Waals surface area contributed by atoms with E-state index in [1.165, 1.54) is 6.92 Å². The minimum atomic E-state index is -1.28. The molecule has 0 fully saturated rings. The lowest BCUT2D eigenvalue weighted by Gasteiger charge is -2.26. The summed E-state index contributed by atoms with van der Waals surface area (Å²) in [6.07, 6.45) is 0.348. The maximum atomic E-state index is 13.8. The van der Waals surface area contributed by atoms with Gasteiger partial charge in [0.2, 0.25) is 23.6 Å². The van der Waals surface area contributed by atoms with Crippen molar-refractivity contribution >= 4 is 47.3 Å². The zero-order valence-corrected chi connectivity index (χ0v) is 30.1. The van der Waals surface area contributed by atoms with Gasteiger partial charge in [0.05, 0.1) is 11.9 Å². The number of hydrogen-bond donors (Lipinski definition) is 8. The number of amidine groups is 1. The van der Waals surface area contributed by atoms with E-state index in [9.17, 15) is 33.6 Å². The molecule has 4 atom stereocenters. The molecular weight excluding hydrogens is 664 g/mol. The number of ketones is 1. The first-order chi connectivity index (χ1) is 23.9. The van der Waals surface area contributed by atoms with E-state index in [0.717, 1.165) is 0 Å². The van der Waals surface area contributed by atoms with Gasteiger partial charge in [0.25, 0.3) is 0 Å². The number of carboxylic acid groups (broad SMARTS) is 1. The number of nitrogens with zero attached hydrogens (tertiary/aromatic N) is 1. The average molecular weight is 719 g/mol. The SMILES string of the molecule is CC(=O)C[C@H](N)C(=O)N[C@H](Cc1ccccc1)C(=O)N[C@@H](CCCCNC(=O)OC(C)(C)C)C(=O)N[C@@H](CCCN=C(C)N)C(=O)NCC(=O)O. The van der Waals surface area contributed by atoms with Crippen LogP contribution in [-0.4, -0.2) is 102 Å². The van der Waals surface area contributed by atoms with Gasteiger partial charge in [-0.1, -0.05) is 30.3 Å². The van der Waals surface area contributed by atoms with Gasteiger partial charge in [-0.05, 0) is 72.3 Å². The number of rotatable bonds is 22. The number of benzene rings is 1. The van der Waals surface area contributed by atoms with Gasteiger partial charge in [-0.2, -0.15) is 0 Å². The number of nitrogens with two attached hydrogens (primary N) is 2. The van der Waals surface area contributed by atoms with E-state index in [-0.39, 0.29) is 44.6 Å². The quantitative estimate of drug-likeness (QED) is 0.0450. The Hall–Kier alpha value is -5.06. The molecule has 0 bridgehead atoms. The molecule has 0 saturated carbocycles. The highest BCUT2D eigenvalue weighted by Crippen LogP contribution is 2.10. The van der Waals surface area contributed by atoms with Crippen molar-refractivity contribution in [2.24, 2.45) is 16.5 Å². The van der Waals surface area contributed by atoms with Crippen LogP contribution in [0.1, 0.15) is 78.7 Å². The van der Waals surface area contributed by atoms with E-state index in [4.69, 9.17) is 21.3 Å². The molecule has 0 radical (unpaired) electrons. The number of ether oxygens (including phenoxy) is 1. The van der Waals surface area contributed by atoms with Gasteiger partial charge in [-0.15, -0.1) is 0 Å². The van der Waals surface area contributed by atoms with Crippen molar-refractivity contribution in [1.29, 1.82) is 0 Å². The van der Waals surface area contributed by atoms with Gasteiger partial charge in [0, 0.05) is 25.9 Å². The molecule has 0 aromatic heterocycles. The summed E-state index contributed by atoms with van der Waals surface area (Å²) in [6.45, 7) is 7.84. The van der Waals surface area contributed by atoms with E-state index < -0.39 is 72.0 Å². The van der Waals surface area contributed by atoms with Crippen LogP contribution in [0.25, 0.3) is 0 Å². The van der Waals surface area contributed by atoms with Gasteiger partial charge in [-0.25, -0.2) is 4.79 Å². The number of unbranched alkanes of at least 4 members (excludes halogenated alkanes) is 1. The van der Waals surface area contributed by atoms with Gasteiger partial charge >= 0.3 is 12.1 Å². The van der Waals surface area contributed by atoms with Gasteiger partial charge in [0.15, 0.2) is 0 Å². The third kappa shape index (κ3) is 20.3. The monoisotopic (exact) mass is 718 g/mol. The van der Waals surface area contributed by atoms with Crippen molar-refractivity contribution < 1.29 is 43.4 Å². The van der Waals surface area contributed by atoms with Crippen LogP contribution in [0.3, 0.4) is 0 Å². The molecule has 1 rings (SSSR count). The van der Waals surface area contributed by atoms with Crippen LogP contribution in [0.15, 0.2) is 35.3 Å². The Labute approximate surface area is 298 Å². The molecule has 51 heavy (non-hydrogen) atoms. The van der Waals surface area contributed by atoms with E-state index in [1.807, 2.05) is 0 Å². The molecule has 0 aliphatic rings. The number of Topliss-reactive ketones (excluding diaryl/α,β-unsaturated/α-hetero) is 1. The summed E-state index contributed by atoms with van der Waals surface area (Å²) in [5, 5.41) is 21.8. The number of aliphatic imine (C=N–C) groups is 1. The Morgan fingerprint density at radius 3 is 1.94 bits per heavy atom. The number of hydrogen-bond acceptors (Lipinski definition) is 10. The zero-order chi connectivity index (χ0) is 38.6. The highest BCUT2D eigenvalue weighted by molar-refractivity contribution is 5.96. The Kier molecular flexibility index (Phi) is 19.5. The Morgan fingerprint density at radius 1 is 0.804 bits per heavy atom. The van der Waals surface area contributed by atoms with Crippen molar-refractivity contribution in [3.8, 4) is 0 Å². The topological polar surface area (TPSA) is 274 Å². The van der Waals surface area contributed by atoms with E-state index in [2.05, 4.69) is 31.6 Å². The summed E-state index contributed by atoms with van der Waals surface area (Å²) < 4.78 is 5.23. The molecule has 0 saturated heterocycles. The summed E-state index contributed by atoms with van der Waals surface area (Å²) in [5.74, 6) is -4.22. The lowest BCUT2D eigenvalue weighted by atomic mass is 10.0. The number of carbonyl (C=O) groups is 7. The molecule has 284 valence electrons. The minimum absolute atomic E-state index is 0.0284. The first-order valence-corrected chi connectivity index (χ1v) is 16.8. The second kappa shape index (κ2) is 22.6. The maximum absolute atomic E-state index is 13.8. The van der Waals surface area contributed by atoms with E-state index in [1.54, 1.807) is 58.0 Å². The van der Waals surface area contributed by atoms with Crippen LogP contribution in [0.4, 0.5) is 4.79 Å². The van der Waals surface area contributed by atoms with Crippen LogP contribution in [0.5, 0.6) is 0 Å². The maximum Gasteiger partial charge on any atom is 0.407 e. The Balaban J connectivity index is 3.26. The zero-order valence-electron chi connectivity index (χ0n) is 30.1. The highest BCUT2D eigenvalue weighted by atomic mass is 16.6. The first kappa shape index (κ1) is 44.0. The summed E-state index contributed by atoms with van der Waals surface area (Å²) in [4.78, 5) is 92.1. The largest absolute Gasteiger partial charge is 0.480 e. The number of amides is 5. The van der Waals surface area contributed by atoms with Gasteiger partial charge < -0.3 is 47.9 Å². The second-order valence-corrected chi connectivity index (χ2v) is 13.1. The van der Waals surface area contributed by atoms with Crippen molar-refractivity contribution in [3.63, 3.8) is 0 Å². The number of carboxylic acids is 1. The number of nitrogens with one attached hydrogen (secondary N) is 5. The third-order valence-electron chi connectivity index (χ3n) is 7.04. The summed E-state index contributed by atoms with van der Waals surface area (Å²) in [6, 6.07) is 3.99. The fourth-order valence-electron chi connectivity index (χ4n) is 4.64. The number of alkyl carbamates (subject to hydrolysis) is 1. The average Bonchev–Trinajstić information content (AvgIpc) is 3.02. The van der Waals surface area contributed by atoms with Crippen molar-refractivity contribution in [1.82, 2.24) is 26.6 Å². The normalized spacial score (nSPS) is 13.8. The molecule has 10 N–H and O–H groups in total. The van der Waals surface area contributed by atoms with Crippen LogP contribution in [0.2, 0.25) is 0 Å². The Morgan fingerprint density at radius 2 is 1.37 bits per heavy atom. The van der Waals surface area contributed by atoms with Crippen molar-refractivity contribution in [3.05, 3.63) is 35.9 Å². The lowest BCUT2D eigenvalue weighted by molar-refractivity contribution is -0.138. The first-order valence-electron chi connectivity index (χ1n) is 16.8. The summed E-state index contributed by atoms with van der Waals surface area (Å²) >= 11 is 0. The lowest BCUT2D eigenvalue weighted by Crippen LogP contribution is -2.58. The van der Waals surface area contributed by atoms with Crippen molar-refractivity contribution in [2.45, 2.75) is 109 Å². The van der Waals surface area contributed by atoms with Gasteiger partial charge in [0.1, 0.15) is 36.1 Å². The van der Waals surface area contributed by atoms with Crippen LogP contribution >= 0.6 is 0 Å². The molecule has 0 unspecified atom stereocenters. The Bertz CT molecular complexity index is 1360. The molecule has 1 aromatic rings. The fraction of sp³-hybridized carbons (Fsp3) is 0.588. The van der Waals surface area contributed by atoms with Gasteiger partial charge in [-0.3, -0.25) is 33.8 Å². The fourth-order valence-corrected chi connectivity index (χ4v) is 4.64.